The Morgan fingerprint density at radius 1 is 1.29 bits per heavy atom. The third-order valence-corrected chi connectivity index (χ3v) is 6.64. The molecule has 1 N–H and O–H groups in total. The van der Waals surface area contributed by atoms with Crippen molar-refractivity contribution < 1.29 is 4.79 Å². The Hall–Kier alpha value is -2.58. The summed E-state index contributed by atoms with van der Waals surface area (Å²) in [4.78, 5) is 24.6. The molecule has 2 aliphatic rings. The van der Waals surface area contributed by atoms with Crippen LogP contribution in [0, 0.1) is 5.92 Å². The number of nitrogens with zero attached hydrogens (tertiary/aromatic N) is 5. The van der Waals surface area contributed by atoms with Crippen molar-refractivity contribution in [3.8, 4) is 10.6 Å². The van der Waals surface area contributed by atoms with Crippen molar-refractivity contribution in [1.29, 1.82) is 0 Å². The molecule has 0 saturated carbocycles. The maximum Gasteiger partial charge on any atom is 0.273 e. The van der Waals surface area contributed by atoms with E-state index in [0.29, 0.717) is 5.69 Å². The van der Waals surface area contributed by atoms with Gasteiger partial charge in [-0.2, -0.15) is 5.10 Å². The quantitative estimate of drug-likeness (QED) is 0.784. The first-order chi connectivity index (χ1) is 15.0. The molecular formula is C23H30N6OS. The molecule has 0 aromatic carbocycles. The molecule has 1 fully saturated rings. The minimum absolute atomic E-state index is 0.0201. The van der Waals surface area contributed by atoms with Gasteiger partial charge in [0.15, 0.2) is 0 Å². The number of aromatic nitrogens is 3. The van der Waals surface area contributed by atoms with E-state index in [1.54, 1.807) is 12.4 Å². The Labute approximate surface area is 187 Å². The van der Waals surface area contributed by atoms with Crippen LogP contribution < -0.4 is 5.32 Å². The van der Waals surface area contributed by atoms with E-state index in [4.69, 9.17) is 0 Å². The molecule has 2 aromatic heterocycles. The summed E-state index contributed by atoms with van der Waals surface area (Å²) >= 11 is 1.49. The lowest BCUT2D eigenvalue weighted by Gasteiger charge is -2.37. The van der Waals surface area contributed by atoms with Gasteiger partial charge in [0.05, 0.1) is 6.20 Å². The summed E-state index contributed by atoms with van der Waals surface area (Å²) in [6, 6.07) is 0.409. The van der Waals surface area contributed by atoms with Crippen LogP contribution in [0.5, 0.6) is 0 Å². The standard InChI is InChI=1S/C23H30N6OS/c1-16(2)29(19-8-11-24-12-9-19)23(30)20-15-31-22(27-20)18-13-26-28(14-18)21-17(3)7-5-4-6-10-25-21/h4-6,10,13-17,19,24H,7-9,11-12H2,1-3H3/b5-4+,10-6-,25-21?/t17-/m1/s1. The van der Waals surface area contributed by atoms with E-state index in [2.05, 4.69) is 47.2 Å². The summed E-state index contributed by atoms with van der Waals surface area (Å²) in [5, 5.41) is 10.6. The number of allylic oxidation sites excluding steroid dienone is 3. The third-order valence-electron chi connectivity index (χ3n) is 5.75. The normalized spacial score (nSPS) is 21.9. The molecule has 1 saturated heterocycles. The lowest BCUT2D eigenvalue weighted by atomic mass is 10.0. The number of hydrogen-bond acceptors (Lipinski definition) is 6. The molecule has 2 aromatic rings. The highest BCUT2D eigenvalue weighted by Gasteiger charge is 2.29. The minimum Gasteiger partial charge on any atom is -0.332 e. The van der Waals surface area contributed by atoms with Gasteiger partial charge in [-0.3, -0.25) is 4.79 Å². The van der Waals surface area contributed by atoms with Crippen LogP contribution >= 0.6 is 11.3 Å². The van der Waals surface area contributed by atoms with E-state index in [0.717, 1.165) is 48.8 Å². The summed E-state index contributed by atoms with van der Waals surface area (Å²) in [5.41, 5.74) is 1.42. The summed E-state index contributed by atoms with van der Waals surface area (Å²) in [7, 11) is 0. The highest BCUT2D eigenvalue weighted by atomic mass is 32.1. The topological polar surface area (TPSA) is 75.4 Å². The zero-order valence-electron chi connectivity index (χ0n) is 18.4. The zero-order chi connectivity index (χ0) is 21.8. The molecule has 1 atom stereocenters. The van der Waals surface area contributed by atoms with Crippen molar-refractivity contribution in [1.82, 2.24) is 25.0 Å². The Kier molecular flexibility index (Phi) is 6.77. The van der Waals surface area contributed by atoms with Crippen molar-refractivity contribution in [2.45, 2.75) is 52.1 Å². The molecule has 7 nitrogen and oxygen atoms in total. The van der Waals surface area contributed by atoms with Crippen molar-refractivity contribution >= 4 is 23.1 Å². The van der Waals surface area contributed by atoms with Gasteiger partial charge in [-0.05, 0) is 52.3 Å². The van der Waals surface area contributed by atoms with E-state index in [9.17, 15) is 4.79 Å². The Bertz CT molecular complexity index is 995. The van der Waals surface area contributed by atoms with Gasteiger partial charge < -0.3 is 10.2 Å². The van der Waals surface area contributed by atoms with Crippen LogP contribution in [0.1, 0.15) is 50.5 Å². The maximum absolute atomic E-state index is 13.3. The second-order valence-corrected chi connectivity index (χ2v) is 9.25. The number of carbonyl (C=O) groups excluding carboxylic acids is 1. The van der Waals surface area contributed by atoms with Crippen molar-refractivity contribution in [3.63, 3.8) is 0 Å². The van der Waals surface area contributed by atoms with Gasteiger partial charge in [0.2, 0.25) is 0 Å². The van der Waals surface area contributed by atoms with Gasteiger partial charge in [0.1, 0.15) is 16.5 Å². The molecule has 164 valence electrons. The number of hydrogen-bond donors (Lipinski definition) is 1. The third kappa shape index (κ3) is 4.85. The van der Waals surface area contributed by atoms with Crippen molar-refractivity contribution in [3.05, 3.63) is 47.9 Å². The number of amides is 1. The second-order valence-electron chi connectivity index (χ2n) is 8.39. The largest absolute Gasteiger partial charge is 0.332 e. The lowest BCUT2D eigenvalue weighted by Crippen LogP contribution is -2.49. The average Bonchev–Trinajstić information content (AvgIpc) is 3.41. The van der Waals surface area contributed by atoms with E-state index >= 15 is 0 Å². The lowest BCUT2D eigenvalue weighted by molar-refractivity contribution is 0.0560. The van der Waals surface area contributed by atoms with Gasteiger partial charge in [0.25, 0.3) is 5.91 Å². The molecule has 2 aliphatic heterocycles. The van der Waals surface area contributed by atoms with Crippen molar-refractivity contribution in [2.24, 2.45) is 10.9 Å². The molecule has 0 spiro atoms. The van der Waals surface area contributed by atoms with Crippen LogP contribution in [-0.4, -0.2) is 56.6 Å². The van der Waals surface area contributed by atoms with Crippen LogP contribution in [0.25, 0.3) is 10.6 Å². The zero-order valence-corrected chi connectivity index (χ0v) is 19.2. The molecule has 4 rings (SSSR count). The second kappa shape index (κ2) is 9.70. The number of nitrogens with one attached hydrogen (secondary N) is 1. The predicted octanol–water partition coefficient (Wildman–Crippen LogP) is 3.97. The fourth-order valence-electron chi connectivity index (χ4n) is 4.15. The Morgan fingerprint density at radius 3 is 2.87 bits per heavy atom. The first-order valence-electron chi connectivity index (χ1n) is 11.0. The summed E-state index contributed by atoms with van der Waals surface area (Å²) in [5.74, 6) is 1.18. The minimum atomic E-state index is 0.0201. The number of rotatable bonds is 4. The van der Waals surface area contributed by atoms with E-state index in [1.165, 1.54) is 11.3 Å². The molecule has 0 bridgehead atoms. The molecule has 31 heavy (non-hydrogen) atoms. The molecule has 0 aliphatic carbocycles. The van der Waals surface area contributed by atoms with E-state index in [1.807, 2.05) is 33.3 Å². The van der Waals surface area contributed by atoms with Crippen LogP contribution in [-0.2, 0) is 0 Å². The average molecular weight is 439 g/mol. The van der Waals surface area contributed by atoms with Crippen LogP contribution in [0.4, 0.5) is 0 Å². The van der Waals surface area contributed by atoms with Gasteiger partial charge in [-0.15, -0.1) is 11.3 Å². The number of thiazole rings is 1. The van der Waals surface area contributed by atoms with Gasteiger partial charge in [-0.25, -0.2) is 14.7 Å². The summed E-state index contributed by atoms with van der Waals surface area (Å²) in [6.07, 6.45) is 14.5. The van der Waals surface area contributed by atoms with E-state index < -0.39 is 0 Å². The fourth-order valence-corrected chi connectivity index (χ4v) is 4.92. The Morgan fingerprint density at radius 2 is 2.10 bits per heavy atom. The highest BCUT2D eigenvalue weighted by molar-refractivity contribution is 7.13. The first-order valence-corrected chi connectivity index (χ1v) is 11.9. The van der Waals surface area contributed by atoms with Crippen molar-refractivity contribution in [2.75, 3.05) is 13.1 Å². The smallest absolute Gasteiger partial charge is 0.273 e. The van der Waals surface area contributed by atoms with Crippen LogP contribution in [0.2, 0.25) is 0 Å². The molecule has 0 unspecified atom stereocenters. The molecule has 0 radical (unpaired) electrons. The van der Waals surface area contributed by atoms with Crippen LogP contribution in [0.3, 0.4) is 0 Å². The van der Waals surface area contributed by atoms with E-state index in [-0.39, 0.29) is 23.9 Å². The van der Waals surface area contributed by atoms with Crippen LogP contribution in [0.15, 0.2) is 47.2 Å². The SMILES string of the molecule is CC(C)N(C(=O)c1csc(-c2cnn(C3=N/C=C\C=C\C[C@H]3C)c2)n1)C1CCNCC1. The molecule has 4 heterocycles. The number of aliphatic imine (C=N–C) groups is 1. The van der Waals surface area contributed by atoms with Gasteiger partial charge in [0, 0.05) is 41.3 Å². The highest BCUT2D eigenvalue weighted by Crippen LogP contribution is 2.26. The van der Waals surface area contributed by atoms with Gasteiger partial charge >= 0.3 is 0 Å². The molecule has 1 amide bonds. The first kappa shape index (κ1) is 21.6. The Balaban J connectivity index is 1.54. The fraction of sp³-hybridized carbons (Fsp3) is 0.478. The number of piperidine rings is 1. The molecular weight excluding hydrogens is 408 g/mol. The number of carbonyl (C=O) groups is 1. The summed E-state index contributed by atoms with van der Waals surface area (Å²) < 4.78 is 1.82. The monoisotopic (exact) mass is 438 g/mol. The summed E-state index contributed by atoms with van der Waals surface area (Å²) in [6.45, 7) is 8.21. The molecule has 8 heteroatoms. The predicted molar refractivity (Wildman–Crippen MR) is 125 cm³/mol. The van der Waals surface area contributed by atoms with Gasteiger partial charge in [-0.1, -0.05) is 19.1 Å². The maximum atomic E-state index is 13.3.